The lowest BCUT2D eigenvalue weighted by atomic mass is 10.1. The lowest BCUT2D eigenvalue weighted by Crippen LogP contribution is -2.25. The van der Waals surface area contributed by atoms with Crippen molar-refractivity contribution >= 4 is 17.4 Å². The van der Waals surface area contributed by atoms with E-state index >= 15 is 0 Å². The molecule has 0 saturated carbocycles. The van der Waals surface area contributed by atoms with Gasteiger partial charge in [0.05, 0.1) is 0 Å². The predicted octanol–water partition coefficient (Wildman–Crippen LogP) is 4.30. The number of benzene rings is 2. The van der Waals surface area contributed by atoms with Gasteiger partial charge >= 0.3 is 0 Å². The zero-order valence-corrected chi connectivity index (χ0v) is 17.7. The zero-order chi connectivity index (χ0) is 20.6. The van der Waals surface area contributed by atoms with E-state index in [0.717, 1.165) is 23.4 Å². The Hall–Kier alpha value is -2.77. The van der Waals surface area contributed by atoms with Gasteiger partial charge < -0.3 is 14.8 Å². The van der Waals surface area contributed by atoms with Crippen molar-refractivity contribution in [3.63, 3.8) is 0 Å². The molecule has 0 bridgehead atoms. The first kappa shape index (κ1) is 21.0. The molecule has 0 aliphatic rings. The van der Waals surface area contributed by atoms with Crippen LogP contribution in [0.4, 0.5) is 0 Å². The summed E-state index contributed by atoms with van der Waals surface area (Å²) in [7, 11) is 1.64. The Labute approximate surface area is 175 Å². The van der Waals surface area contributed by atoms with Gasteiger partial charge in [0.25, 0.3) is 11.1 Å². The van der Waals surface area contributed by atoms with Crippen LogP contribution in [0.3, 0.4) is 0 Å². The maximum Gasteiger partial charge on any atom is 0.298 e. The molecule has 0 unspecified atom stereocenters. The molecule has 0 fully saturated rings. The highest BCUT2D eigenvalue weighted by Gasteiger charge is 2.12. The number of carbonyl (C=O) groups is 1. The van der Waals surface area contributed by atoms with Crippen LogP contribution in [-0.2, 0) is 11.2 Å². The maximum atomic E-state index is 12.3. The average molecular weight is 412 g/mol. The Morgan fingerprint density at radius 3 is 2.69 bits per heavy atom. The minimum atomic E-state index is -0.136. The van der Waals surface area contributed by atoms with Gasteiger partial charge in [-0.2, -0.15) is 9.36 Å². The van der Waals surface area contributed by atoms with Gasteiger partial charge in [0.1, 0.15) is 5.75 Å². The zero-order valence-electron chi connectivity index (χ0n) is 16.9. The fourth-order valence-corrected chi connectivity index (χ4v) is 3.27. The van der Waals surface area contributed by atoms with E-state index in [1.165, 1.54) is 17.1 Å². The van der Waals surface area contributed by atoms with Crippen LogP contribution in [-0.4, -0.2) is 35.5 Å². The lowest BCUT2D eigenvalue weighted by Gasteiger charge is -2.09. The molecule has 0 spiro atoms. The van der Waals surface area contributed by atoms with Crippen molar-refractivity contribution in [2.45, 2.75) is 26.7 Å². The molecule has 29 heavy (non-hydrogen) atoms. The van der Waals surface area contributed by atoms with Crippen LogP contribution < -0.4 is 10.1 Å². The van der Waals surface area contributed by atoms with Crippen molar-refractivity contribution in [2.24, 2.45) is 0 Å². The third-order valence-electron chi connectivity index (χ3n) is 4.39. The number of hydrogen-bond donors (Lipinski definition) is 1. The molecule has 0 atom stereocenters. The molecular weight excluding hydrogens is 386 g/mol. The average Bonchev–Trinajstić information content (AvgIpc) is 3.15. The number of aryl methyl sites for hydroxylation is 2. The summed E-state index contributed by atoms with van der Waals surface area (Å²) >= 11 is 1.21. The van der Waals surface area contributed by atoms with Gasteiger partial charge in [-0.25, -0.2) is 0 Å². The van der Waals surface area contributed by atoms with Gasteiger partial charge in [0.2, 0.25) is 0 Å². The molecule has 6 nitrogen and oxygen atoms in total. The summed E-state index contributed by atoms with van der Waals surface area (Å²) in [4.78, 5) is 16.8. The molecule has 3 aromatic rings. The largest absolute Gasteiger partial charge is 0.430 e. The van der Waals surface area contributed by atoms with Gasteiger partial charge in [0.15, 0.2) is 5.82 Å². The third-order valence-corrected chi connectivity index (χ3v) is 5.02. The smallest absolute Gasteiger partial charge is 0.298 e. The first-order valence-corrected chi connectivity index (χ1v) is 10.3. The number of ether oxygens (including phenoxy) is 2. The summed E-state index contributed by atoms with van der Waals surface area (Å²) in [6, 6.07) is 13.7. The molecule has 0 aliphatic carbocycles. The van der Waals surface area contributed by atoms with E-state index < -0.39 is 0 Å². The molecule has 2 aromatic carbocycles. The number of hydrogen-bond acceptors (Lipinski definition) is 6. The summed E-state index contributed by atoms with van der Waals surface area (Å²) in [6.07, 6.45) is 1.43. The van der Waals surface area contributed by atoms with Crippen molar-refractivity contribution in [3.8, 4) is 10.9 Å². The standard InChI is InChI=1S/C22H25N3O3S/c1-15-5-8-17(9-6-15)13-20-24-22(29-25-20)28-19-14-18(10-7-16(19)2)21(26)23-11-4-12-27-3/h5-10,14H,4,11-13H2,1-3H3,(H,23,26). The molecule has 152 valence electrons. The van der Waals surface area contributed by atoms with Crippen LogP contribution in [0.2, 0.25) is 0 Å². The van der Waals surface area contributed by atoms with Crippen LogP contribution in [0.25, 0.3) is 0 Å². The fraction of sp³-hybridized carbons (Fsp3) is 0.318. The first-order chi connectivity index (χ1) is 14.0. The van der Waals surface area contributed by atoms with Crippen molar-refractivity contribution in [1.29, 1.82) is 0 Å². The van der Waals surface area contributed by atoms with E-state index in [4.69, 9.17) is 9.47 Å². The van der Waals surface area contributed by atoms with Crippen LogP contribution >= 0.6 is 11.5 Å². The Balaban J connectivity index is 1.64. The van der Waals surface area contributed by atoms with Crippen molar-refractivity contribution in [3.05, 3.63) is 70.5 Å². The SMILES string of the molecule is COCCCNC(=O)c1ccc(C)c(Oc2nc(Cc3ccc(C)cc3)ns2)c1. The van der Waals surface area contributed by atoms with E-state index in [1.807, 2.05) is 13.0 Å². The summed E-state index contributed by atoms with van der Waals surface area (Å²) in [6.45, 7) is 5.18. The van der Waals surface area contributed by atoms with Gasteiger partial charge in [-0.15, -0.1) is 0 Å². The minimum absolute atomic E-state index is 0.136. The summed E-state index contributed by atoms with van der Waals surface area (Å²) in [5, 5.41) is 3.35. The molecule has 1 aromatic heterocycles. The highest BCUT2D eigenvalue weighted by atomic mass is 32.1. The van der Waals surface area contributed by atoms with E-state index in [-0.39, 0.29) is 5.91 Å². The number of methoxy groups -OCH3 is 1. The Kier molecular flexibility index (Phi) is 7.32. The third kappa shape index (κ3) is 6.10. The quantitative estimate of drug-likeness (QED) is 0.531. The minimum Gasteiger partial charge on any atom is -0.430 e. The lowest BCUT2D eigenvalue weighted by molar-refractivity contribution is 0.0948. The Morgan fingerprint density at radius 2 is 1.93 bits per heavy atom. The number of carbonyl (C=O) groups excluding carboxylic acids is 1. The van der Waals surface area contributed by atoms with Gasteiger partial charge in [-0.1, -0.05) is 35.9 Å². The number of aromatic nitrogens is 2. The molecule has 1 amide bonds. The van der Waals surface area contributed by atoms with Crippen LogP contribution in [0.15, 0.2) is 42.5 Å². The second-order valence-electron chi connectivity index (χ2n) is 6.82. The maximum absolute atomic E-state index is 12.3. The van der Waals surface area contributed by atoms with Crippen LogP contribution in [0.5, 0.6) is 10.9 Å². The van der Waals surface area contributed by atoms with Crippen molar-refractivity contribution in [1.82, 2.24) is 14.7 Å². The normalized spacial score (nSPS) is 10.7. The van der Waals surface area contributed by atoms with Gasteiger partial charge in [-0.3, -0.25) is 4.79 Å². The number of amides is 1. The van der Waals surface area contributed by atoms with Crippen molar-refractivity contribution in [2.75, 3.05) is 20.3 Å². The predicted molar refractivity (Wildman–Crippen MR) is 114 cm³/mol. The summed E-state index contributed by atoms with van der Waals surface area (Å²) in [5.74, 6) is 1.19. The number of nitrogens with zero attached hydrogens (tertiary/aromatic N) is 2. The molecule has 3 rings (SSSR count). The number of nitrogens with one attached hydrogen (secondary N) is 1. The van der Waals surface area contributed by atoms with E-state index in [2.05, 4.69) is 45.9 Å². The molecule has 1 heterocycles. The second-order valence-corrected chi connectivity index (χ2v) is 7.54. The molecular formula is C22H25N3O3S. The fourth-order valence-electron chi connectivity index (χ4n) is 2.71. The number of rotatable bonds is 9. The second kappa shape index (κ2) is 10.1. The summed E-state index contributed by atoms with van der Waals surface area (Å²) < 4.78 is 15.3. The topological polar surface area (TPSA) is 73.3 Å². The van der Waals surface area contributed by atoms with Crippen LogP contribution in [0.1, 0.15) is 39.3 Å². The molecule has 0 saturated heterocycles. The van der Waals surface area contributed by atoms with Crippen LogP contribution in [0, 0.1) is 13.8 Å². The monoisotopic (exact) mass is 411 g/mol. The van der Waals surface area contributed by atoms with Gasteiger partial charge in [-0.05, 0) is 43.5 Å². The Morgan fingerprint density at radius 1 is 1.14 bits per heavy atom. The highest BCUT2D eigenvalue weighted by molar-refractivity contribution is 7.07. The molecule has 0 aliphatic heterocycles. The van der Waals surface area contributed by atoms with Crippen molar-refractivity contribution < 1.29 is 14.3 Å². The Bertz CT molecular complexity index is 954. The first-order valence-electron chi connectivity index (χ1n) is 9.49. The van der Waals surface area contributed by atoms with E-state index in [0.29, 0.717) is 36.1 Å². The van der Waals surface area contributed by atoms with E-state index in [1.54, 1.807) is 19.2 Å². The molecule has 7 heteroatoms. The summed E-state index contributed by atoms with van der Waals surface area (Å²) in [5.41, 5.74) is 3.86. The highest BCUT2D eigenvalue weighted by Crippen LogP contribution is 2.28. The molecule has 1 N–H and O–H groups in total. The van der Waals surface area contributed by atoms with Gasteiger partial charge in [0, 0.05) is 43.8 Å². The van der Waals surface area contributed by atoms with E-state index in [9.17, 15) is 4.79 Å². The molecule has 0 radical (unpaired) electrons.